The molecular formula is C12H10O2S10. The fourth-order valence-electron chi connectivity index (χ4n) is 1.22. The minimum Gasteiger partial charge on any atom is -0.507 e. The number of phenols is 2. The molecule has 0 aliphatic carbocycles. The summed E-state index contributed by atoms with van der Waals surface area (Å²) in [5.41, 5.74) is 0. The summed E-state index contributed by atoms with van der Waals surface area (Å²) in [5.74, 6) is 0.655. The van der Waals surface area contributed by atoms with Crippen molar-refractivity contribution >= 4 is 100 Å². The van der Waals surface area contributed by atoms with Gasteiger partial charge in [-0.1, -0.05) is 24.3 Å². The van der Waals surface area contributed by atoms with E-state index in [2.05, 4.69) is 0 Å². The van der Waals surface area contributed by atoms with Crippen molar-refractivity contribution in [3.8, 4) is 11.5 Å². The van der Waals surface area contributed by atoms with Gasteiger partial charge in [0, 0.05) is 0 Å². The van der Waals surface area contributed by atoms with Crippen LogP contribution >= 0.6 is 100 Å². The van der Waals surface area contributed by atoms with Crippen molar-refractivity contribution in [2.24, 2.45) is 0 Å². The quantitative estimate of drug-likeness (QED) is 0.225. The molecule has 0 saturated carbocycles. The highest BCUT2D eigenvalue weighted by molar-refractivity contribution is 9.52. The SMILES string of the molecule is Oc1ccccc1SSSSSSSSSSc1ccccc1O. The number of aromatic hydroxyl groups is 2. The molecule has 130 valence electrons. The maximum absolute atomic E-state index is 9.65. The Bertz CT molecular complexity index is 560. The zero-order valence-corrected chi connectivity index (χ0v) is 19.8. The van der Waals surface area contributed by atoms with Gasteiger partial charge < -0.3 is 10.2 Å². The number of hydrogen-bond donors (Lipinski definition) is 2. The zero-order valence-electron chi connectivity index (χ0n) is 11.6. The van der Waals surface area contributed by atoms with E-state index < -0.39 is 0 Å². The van der Waals surface area contributed by atoms with E-state index in [9.17, 15) is 10.2 Å². The Kier molecular flexibility index (Phi) is 12.4. The van der Waals surface area contributed by atoms with Gasteiger partial charge in [-0.2, -0.15) is 0 Å². The van der Waals surface area contributed by atoms with Gasteiger partial charge in [-0.05, 0) is 124 Å². The van der Waals surface area contributed by atoms with Crippen molar-refractivity contribution in [1.82, 2.24) is 0 Å². The first-order valence-electron chi connectivity index (χ1n) is 6.01. The van der Waals surface area contributed by atoms with Crippen LogP contribution in [-0.4, -0.2) is 10.2 Å². The molecule has 2 N–H and O–H groups in total. The minimum absolute atomic E-state index is 0.327. The Morgan fingerprint density at radius 3 is 1.17 bits per heavy atom. The number of hydrogen-bond acceptors (Lipinski definition) is 12. The van der Waals surface area contributed by atoms with Crippen LogP contribution in [-0.2, 0) is 0 Å². The molecule has 2 aromatic carbocycles. The van der Waals surface area contributed by atoms with Crippen molar-refractivity contribution in [1.29, 1.82) is 0 Å². The van der Waals surface area contributed by atoms with Gasteiger partial charge in [0.25, 0.3) is 0 Å². The van der Waals surface area contributed by atoms with Gasteiger partial charge in [0.1, 0.15) is 11.5 Å². The van der Waals surface area contributed by atoms with E-state index in [0.717, 1.165) is 9.79 Å². The van der Waals surface area contributed by atoms with Crippen LogP contribution in [0.1, 0.15) is 0 Å². The Morgan fingerprint density at radius 2 is 0.792 bits per heavy atom. The molecule has 0 unspecified atom stereocenters. The monoisotopic (exact) mass is 506 g/mol. The van der Waals surface area contributed by atoms with Crippen molar-refractivity contribution in [2.75, 3.05) is 0 Å². The predicted molar refractivity (Wildman–Crippen MR) is 129 cm³/mol. The molecule has 0 radical (unpaired) electrons. The molecule has 2 nitrogen and oxygen atoms in total. The van der Waals surface area contributed by atoms with Crippen LogP contribution in [0.4, 0.5) is 0 Å². The van der Waals surface area contributed by atoms with Gasteiger partial charge in [-0.15, -0.1) is 0 Å². The van der Waals surface area contributed by atoms with E-state index in [1.807, 2.05) is 36.4 Å². The van der Waals surface area contributed by atoms with Crippen molar-refractivity contribution in [3.63, 3.8) is 0 Å². The third-order valence-electron chi connectivity index (χ3n) is 2.17. The van der Waals surface area contributed by atoms with E-state index >= 15 is 0 Å². The molecule has 0 atom stereocenters. The molecule has 12 heteroatoms. The van der Waals surface area contributed by atoms with E-state index in [4.69, 9.17) is 0 Å². The van der Waals surface area contributed by atoms with Crippen molar-refractivity contribution < 1.29 is 10.2 Å². The second-order valence-corrected chi connectivity index (χ2v) is 20.0. The summed E-state index contributed by atoms with van der Waals surface area (Å²) >= 11 is 0. The minimum atomic E-state index is 0.327. The number of para-hydroxylation sites is 2. The second kappa shape index (κ2) is 13.7. The van der Waals surface area contributed by atoms with Crippen molar-refractivity contribution in [3.05, 3.63) is 48.5 Å². The molecule has 0 saturated heterocycles. The number of rotatable bonds is 11. The molecule has 2 aromatic rings. The topological polar surface area (TPSA) is 40.5 Å². The fourth-order valence-corrected chi connectivity index (χ4v) is 23.2. The van der Waals surface area contributed by atoms with Gasteiger partial charge in [0.15, 0.2) is 0 Å². The molecule has 0 aliphatic heterocycles. The third kappa shape index (κ3) is 8.96. The van der Waals surface area contributed by atoms with Gasteiger partial charge in [-0.3, -0.25) is 0 Å². The summed E-state index contributed by atoms with van der Waals surface area (Å²) in [6.07, 6.45) is 0. The smallest absolute Gasteiger partial charge is 0.130 e. The summed E-state index contributed by atoms with van der Waals surface area (Å²) in [6, 6.07) is 14.7. The van der Waals surface area contributed by atoms with E-state index in [0.29, 0.717) is 11.5 Å². The first-order chi connectivity index (χ1) is 11.8. The van der Waals surface area contributed by atoms with Crippen LogP contribution in [0.3, 0.4) is 0 Å². The second-order valence-electron chi connectivity index (χ2n) is 3.65. The highest BCUT2D eigenvalue weighted by Gasteiger charge is 2.04. The molecule has 0 amide bonds. The third-order valence-corrected chi connectivity index (χ3v) is 21.6. The average Bonchev–Trinajstić information content (AvgIpc) is 2.59. The van der Waals surface area contributed by atoms with Gasteiger partial charge >= 0.3 is 0 Å². The maximum atomic E-state index is 9.65. The zero-order chi connectivity index (χ0) is 17.0. The molecule has 0 spiro atoms. The molecular weight excluding hydrogens is 497 g/mol. The summed E-state index contributed by atoms with van der Waals surface area (Å²) in [5, 5.41) is 19.3. The highest BCUT2D eigenvalue weighted by Crippen LogP contribution is 2.61. The fraction of sp³-hybridized carbons (Fsp3) is 0. The van der Waals surface area contributed by atoms with E-state index in [1.165, 1.54) is 0 Å². The van der Waals surface area contributed by atoms with Crippen LogP contribution in [0.2, 0.25) is 0 Å². The highest BCUT2D eigenvalue weighted by atomic mass is 34.0. The standard InChI is InChI=1S/C12H10O2S10/c13-9-5-1-3-7-11(9)15-17-19-21-23-24-22-20-18-16-12-8-4-2-6-10(12)14/h1-8,13-14H. The maximum Gasteiger partial charge on any atom is 0.130 e. The molecule has 0 fully saturated rings. The van der Waals surface area contributed by atoms with Crippen LogP contribution in [0, 0.1) is 0 Å². The van der Waals surface area contributed by atoms with E-state index in [1.54, 1.807) is 112 Å². The van der Waals surface area contributed by atoms with Gasteiger partial charge in [-0.25, -0.2) is 0 Å². The normalized spacial score (nSPS) is 10.8. The predicted octanol–water partition coefficient (Wildman–Crippen LogP) is 9.08. The summed E-state index contributed by atoms with van der Waals surface area (Å²) < 4.78 is 0. The largest absolute Gasteiger partial charge is 0.507 e. The Morgan fingerprint density at radius 1 is 0.458 bits per heavy atom. The molecule has 0 heterocycles. The molecule has 24 heavy (non-hydrogen) atoms. The van der Waals surface area contributed by atoms with Gasteiger partial charge in [0.2, 0.25) is 0 Å². The first-order valence-corrected chi connectivity index (χ1v) is 18.8. The summed E-state index contributed by atoms with van der Waals surface area (Å²) in [7, 11) is 16.6. The summed E-state index contributed by atoms with van der Waals surface area (Å²) in [4.78, 5) is 1.77. The average molecular weight is 507 g/mol. The van der Waals surface area contributed by atoms with Crippen LogP contribution in [0.25, 0.3) is 0 Å². The molecule has 0 bridgehead atoms. The van der Waals surface area contributed by atoms with E-state index in [-0.39, 0.29) is 0 Å². The Labute approximate surface area is 178 Å². The Balaban J connectivity index is 1.43. The lowest BCUT2D eigenvalue weighted by Crippen LogP contribution is -1.67. The molecule has 0 aliphatic rings. The summed E-state index contributed by atoms with van der Waals surface area (Å²) in [6.45, 7) is 0. The number of benzene rings is 2. The lowest BCUT2D eigenvalue weighted by Gasteiger charge is -2.02. The number of phenolic OH excluding ortho intramolecular Hbond substituents is 2. The first kappa shape index (κ1) is 21.8. The van der Waals surface area contributed by atoms with Crippen LogP contribution in [0.5, 0.6) is 11.5 Å². The van der Waals surface area contributed by atoms with Crippen molar-refractivity contribution in [2.45, 2.75) is 9.79 Å². The molecule has 0 aromatic heterocycles. The van der Waals surface area contributed by atoms with Gasteiger partial charge in [0.05, 0.1) is 9.79 Å². The lowest BCUT2D eigenvalue weighted by atomic mass is 10.3. The molecule has 2 rings (SSSR count). The van der Waals surface area contributed by atoms with Crippen LogP contribution in [0.15, 0.2) is 58.3 Å². The lowest BCUT2D eigenvalue weighted by molar-refractivity contribution is 0.462. The van der Waals surface area contributed by atoms with Crippen LogP contribution < -0.4 is 0 Å². The Hall–Kier alpha value is 1.54.